The Balaban J connectivity index is 1.44. The van der Waals surface area contributed by atoms with Crippen molar-refractivity contribution < 1.29 is 22.8 Å². The number of carbonyl (C=O) groups is 2. The van der Waals surface area contributed by atoms with Crippen molar-refractivity contribution in [3.05, 3.63) is 68.6 Å². The largest absolute Gasteiger partial charge is 0.416 e. The van der Waals surface area contributed by atoms with Crippen LogP contribution < -0.4 is 10.6 Å². The lowest BCUT2D eigenvalue weighted by Crippen LogP contribution is -2.38. The Kier molecular flexibility index (Phi) is 9.14. The van der Waals surface area contributed by atoms with Crippen LogP contribution in [-0.2, 0) is 17.5 Å². The van der Waals surface area contributed by atoms with Crippen LogP contribution in [0.2, 0.25) is 5.02 Å². The zero-order valence-corrected chi connectivity index (χ0v) is 22.0. The maximum atomic E-state index is 13.4. The van der Waals surface area contributed by atoms with Gasteiger partial charge in [0.2, 0.25) is 0 Å². The zero-order valence-electron chi connectivity index (χ0n) is 20.4. The molecule has 0 radical (unpaired) electrons. The average Bonchev–Trinajstić information content (AvgIpc) is 3.04. The Morgan fingerprint density at radius 3 is 2.68 bits per heavy atom. The van der Waals surface area contributed by atoms with E-state index in [1.807, 2.05) is 0 Å². The molecule has 0 saturated carbocycles. The first kappa shape index (κ1) is 28.2. The molecule has 2 aliphatic heterocycles. The van der Waals surface area contributed by atoms with Gasteiger partial charge >= 0.3 is 6.18 Å². The Morgan fingerprint density at radius 1 is 1.11 bits per heavy atom. The number of rotatable bonds is 8. The number of nitrogens with zero attached hydrogens (tertiary/aromatic N) is 2. The smallest absolute Gasteiger partial charge is 0.380 e. The van der Waals surface area contributed by atoms with Crippen LogP contribution in [0.1, 0.15) is 28.7 Å². The number of amides is 2. The summed E-state index contributed by atoms with van der Waals surface area (Å²) >= 11 is 6.63. The van der Waals surface area contributed by atoms with E-state index >= 15 is 0 Å². The van der Waals surface area contributed by atoms with E-state index in [9.17, 15) is 22.8 Å². The number of alkyl halides is 3. The fourth-order valence-corrected chi connectivity index (χ4v) is 5.36. The Hall–Kier alpha value is -2.86. The van der Waals surface area contributed by atoms with Crippen molar-refractivity contribution in [3.63, 3.8) is 0 Å². The fourth-order valence-electron chi connectivity index (χ4n) is 4.32. The van der Waals surface area contributed by atoms with Crippen LogP contribution >= 0.6 is 23.4 Å². The summed E-state index contributed by atoms with van der Waals surface area (Å²) in [5.74, 6) is -0.353. The van der Waals surface area contributed by atoms with Gasteiger partial charge in [-0.25, -0.2) is 0 Å². The molecule has 2 aliphatic rings. The van der Waals surface area contributed by atoms with Crippen molar-refractivity contribution >= 4 is 52.5 Å². The van der Waals surface area contributed by atoms with Crippen LogP contribution in [0.15, 0.2) is 41.3 Å². The van der Waals surface area contributed by atoms with Gasteiger partial charge in [-0.05, 0) is 72.7 Å². The van der Waals surface area contributed by atoms with Crippen molar-refractivity contribution in [3.8, 4) is 0 Å². The number of benzene rings is 2. The second kappa shape index (κ2) is 12.3. The summed E-state index contributed by atoms with van der Waals surface area (Å²) in [6.45, 7) is 4.44. The van der Waals surface area contributed by atoms with Gasteiger partial charge in [0.25, 0.3) is 11.1 Å². The lowest BCUT2D eigenvalue weighted by Gasteiger charge is -2.22. The number of carbonyl (C=O) groups excluding carboxylic acids is 2. The lowest BCUT2D eigenvalue weighted by molar-refractivity contribution is -0.138. The molecule has 7 nitrogen and oxygen atoms in total. The molecule has 12 heteroatoms. The molecule has 2 saturated heterocycles. The van der Waals surface area contributed by atoms with Crippen LogP contribution in [0.4, 0.5) is 23.7 Å². The van der Waals surface area contributed by atoms with Crippen molar-refractivity contribution in [1.82, 2.24) is 15.1 Å². The maximum Gasteiger partial charge on any atom is 0.416 e. The molecule has 2 aromatic rings. The molecule has 3 N–H and O–H groups in total. The van der Waals surface area contributed by atoms with E-state index in [2.05, 4.69) is 15.5 Å². The monoisotopic (exact) mass is 565 g/mol. The SMILES string of the molecule is N=Cc1cc(C=C2SC(=O)N(CCN3CCCNCC3)C2=O)ccc1NCc1ccc(Cl)cc1C(F)(F)F. The molecule has 4 rings (SSSR count). The van der Waals surface area contributed by atoms with Gasteiger partial charge in [0.1, 0.15) is 0 Å². The molecule has 0 aliphatic carbocycles. The van der Waals surface area contributed by atoms with E-state index in [1.54, 1.807) is 24.3 Å². The third kappa shape index (κ3) is 6.96. The number of nitrogens with one attached hydrogen (secondary N) is 3. The normalized spacial score (nSPS) is 18.2. The average molecular weight is 566 g/mol. The number of thioether (sulfide) groups is 1. The standard InChI is InChI=1S/C26H27ClF3N5O2S/c27-20-4-3-18(21(14-20)26(28,29)30)16-33-22-5-2-17(12-19(22)15-31)13-23-24(36)35(25(37)38-23)11-10-34-8-1-6-32-7-9-34/h2-5,12-15,31-33H,1,6-11,16H2. The number of hydrogen-bond donors (Lipinski definition) is 3. The Bertz CT molecular complexity index is 1250. The molecule has 2 amide bonds. The van der Waals surface area contributed by atoms with E-state index in [0.717, 1.165) is 56.6 Å². The summed E-state index contributed by atoms with van der Waals surface area (Å²) in [5, 5.41) is 13.7. The minimum absolute atomic E-state index is 0.00531. The van der Waals surface area contributed by atoms with Crippen LogP contribution in [0, 0.1) is 5.41 Å². The quantitative estimate of drug-likeness (QED) is 0.297. The van der Waals surface area contributed by atoms with E-state index < -0.39 is 11.7 Å². The van der Waals surface area contributed by atoms with Gasteiger partial charge in [-0.3, -0.25) is 14.5 Å². The molecule has 0 bridgehead atoms. The van der Waals surface area contributed by atoms with Crippen molar-refractivity contribution in [2.75, 3.05) is 44.6 Å². The van der Waals surface area contributed by atoms with Crippen LogP contribution in [-0.4, -0.2) is 66.4 Å². The predicted molar refractivity (Wildman–Crippen MR) is 145 cm³/mol. The van der Waals surface area contributed by atoms with E-state index in [-0.39, 0.29) is 28.3 Å². The number of halogens is 4. The third-order valence-electron chi connectivity index (χ3n) is 6.32. The molecule has 38 heavy (non-hydrogen) atoms. The molecule has 0 atom stereocenters. The van der Waals surface area contributed by atoms with Crippen LogP contribution in [0.5, 0.6) is 0 Å². The Morgan fingerprint density at radius 2 is 1.92 bits per heavy atom. The fraction of sp³-hybridized carbons (Fsp3) is 0.346. The zero-order chi connectivity index (χ0) is 27.3. The molecule has 0 aromatic heterocycles. The van der Waals surface area contributed by atoms with E-state index in [0.29, 0.717) is 34.8 Å². The highest BCUT2D eigenvalue weighted by Crippen LogP contribution is 2.35. The maximum absolute atomic E-state index is 13.4. The van der Waals surface area contributed by atoms with E-state index in [4.69, 9.17) is 17.0 Å². The number of imide groups is 1. The molecular formula is C26H27ClF3N5O2S. The predicted octanol–water partition coefficient (Wildman–Crippen LogP) is 5.30. The van der Waals surface area contributed by atoms with Crippen molar-refractivity contribution in [1.29, 1.82) is 5.41 Å². The number of anilines is 1. The van der Waals surface area contributed by atoms with Gasteiger partial charge in [-0.1, -0.05) is 23.7 Å². The third-order valence-corrected chi connectivity index (χ3v) is 7.46. The van der Waals surface area contributed by atoms with Gasteiger partial charge in [-0.15, -0.1) is 0 Å². The summed E-state index contributed by atoms with van der Waals surface area (Å²) < 4.78 is 40.2. The van der Waals surface area contributed by atoms with Gasteiger partial charge in [0.05, 0.1) is 10.5 Å². The van der Waals surface area contributed by atoms with Crippen molar-refractivity contribution in [2.45, 2.75) is 19.1 Å². The first-order chi connectivity index (χ1) is 18.2. The first-order valence-electron chi connectivity index (χ1n) is 12.1. The summed E-state index contributed by atoms with van der Waals surface area (Å²) in [4.78, 5) is 29.2. The highest BCUT2D eigenvalue weighted by atomic mass is 35.5. The van der Waals surface area contributed by atoms with Crippen LogP contribution in [0.3, 0.4) is 0 Å². The molecule has 202 valence electrons. The summed E-state index contributed by atoms with van der Waals surface area (Å²) in [7, 11) is 0. The van der Waals surface area contributed by atoms with Gasteiger partial charge in [-0.2, -0.15) is 13.2 Å². The summed E-state index contributed by atoms with van der Waals surface area (Å²) in [6, 6.07) is 8.55. The first-order valence-corrected chi connectivity index (χ1v) is 13.3. The van der Waals surface area contributed by atoms with Gasteiger partial charge in [0, 0.05) is 55.2 Å². The molecule has 0 spiro atoms. The summed E-state index contributed by atoms with van der Waals surface area (Å²) in [5.41, 5.74) is 0.678. The highest BCUT2D eigenvalue weighted by molar-refractivity contribution is 8.18. The lowest BCUT2D eigenvalue weighted by atomic mass is 10.1. The topological polar surface area (TPSA) is 88.5 Å². The molecule has 2 heterocycles. The second-order valence-electron chi connectivity index (χ2n) is 8.92. The molecule has 2 fully saturated rings. The molecular weight excluding hydrogens is 539 g/mol. The number of hydrogen-bond acceptors (Lipinski definition) is 7. The minimum atomic E-state index is -4.55. The van der Waals surface area contributed by atoms with Gasteiger partial charge in [0.15, 0.2) is 0 Å². The highest BCUT2D eigenvalue weighted by Gasteiger charge is 2.35. The van der Waals surface area contributed by atoms with E-state index in [1.165, 1.54) is 17.0 Å². The minimum Gasteiger partial charge on any atom is -0.380 e. The van der Waals surface area contributed by atoms with Gasteiger partial charge < -0.3 is 20.9 Å². The van der Waals surface area contributed by atoms with Crippen molar-refractivity contribution in [2.24, 2.45) is 0 Å². The second-order valence-corrected chi connectivity index (χ2v) is 10.4. The molecule has 0 unspecified atom stereocenters. The summed E-state index contributed by atoms with van der Waals surface area (Å²) in [6.07, 6.45) is -0.860. The molecule has 2 aromatic carbocycles. The van der Waals surface area contributed by atoms with Crippen LogP contribution in [0.25, 0.3) is 6.08 Å². The Labute approximate surface area is 227 Å².